The number of benzene rings is 1. The van der Waals surface area contributed by atoms with Gasteiger partial charge in [0.1, 0.15) is 0 Å². The van der Waals surface area contributed by atoms with E-state index in [1.54, 1.807) is 0 Å². The Kier molecular flexibility index (Phi) is 3.02. The zero-order valence-corrected chi connectivity index (χ0v) is 10.2. The van der Waals surface area contributed by atoms with Crippen molar-refractivity contribution in [3.63, 3.8) is 0 Å². The summed E-state index contributed by atoms with van der Waals surface area (Å²) in [5.41, 5.74) is 2.90. The lowest BCUT2D eigenvalue weighted by Crippen LogP contribution is -2.12. The summed E-state index contributed by atoms with van der Waals surface area (Å²) in [6.07, 6.45) is 1.21. The van der Waals surface area contributed by atoms with E-state index in [0.717, 1.165) is 16.7 Å². The van der Waals surface area contributed by atoms with Gasteiger partial charge < -0.3 is 10.1 Å². The van der Waals surface area contributed by atoms with E-state index >= 15 is 0 Å². The van der Waals surface area contributed by atoms with E-state index in [1.807, 2.05) is 32.0 Å². The standard InChI is InChI=1S/C14H13NO3/c1-8-3-4-9(2)11(5-8)12-6-10(14(17)18)7-15-13(12)16/h3-7H,1-2H3,(H,15,16)(H,17,18). The van der Waals surface area contributed by atoms with Crippen LogP contribution in [0.4, 0.5) is 0 Å². The van der Waals surface area contributed by atoms with Gasteiger partial charge in [-0.1, -0.05) is 23.8 Å². The lowest BCUT2D eigenvalue weighted by molar-refractivity contribution is 0.0696. The number of hydrogen-bond donors (Lipinski definition) is 2. The summed E-state index contributed by atoms with van der Waals surface area (Å²) in [5, 5.41) is 8.95. The summed E-state index contributed by atoms with van der Waals surface area (Å²) >= 11 is 0. The molecule has 0 unspecified atom stereocenters. The number of carboxylic acids is 1. The molecule has 0 saturated heterocycles. The number of H-pyrrole nitrogens is 1. The molecule has 2 aromatic rings. The van der Waals surface area contributed by atoms with Gasteiger partial charge >= 0.3 is 5.97 Å². The van der Waals surface area contributed by atoms with Gasteiger partial charge in [0.05, 0.1) is 5.56 Å². The first-order chi connectivity index (χ1) is 8.49. The predicted molar refractivity (Wildman–Crippen MR) is 68.9 cm³/mol. The zero-order valence-electron chi connectivity index (χ0n) is 10.2. The van der Waals surface area contributed by atoms with Crippen molar-refractivity contribution in [1.29, 1.82) is 0 Å². The topological polar surface area (TPSA) is 70.2 Å². The van der Waals surface area contributed by atoms with Crippen LogP contribution in [0, 0.1) is 13.8 Å². The summed E-state index contributed by atoms with van der Waals surface area (Å²) in [4.78, 5) is 25.2. The maximum atomic E-state index is 11.8. The Hall–Kier alpha value is -2.36. The highest BCUT2D eigenvalue weighted by Gasteiger charge is 2.11. The summed E-state index contributed by atoms with van der Waals surface area (Å²) in [5.74, 6) is -1.06. The van der Waals surface area contributed by atoms with Gasteiger partial charge in [-0.05, 0) is 31.0 Å². The second-order valence-electron chi connectivity index (χ2n) is 4.25. The molecule has 0 amide bonds. The number of aromatic nitrogens is 1. The maximum absolute atomic E-state index is 11.8. The van der Waals surface area contributed by atoms with Gasteiger partial charge in [0.25, 0.3) is 5.56 Å². The number of aryl methyl sites for hydroxylation is 2. The van der Waals surface area contributed by atoms with E-state index < -0.39 is 5.97 Å². The van der Waals surface area contributed by atoms with E-state index in [9.17, 15) is 9.59 Å². The Morgan fingerprint density at radius 3 is 2.56 bits per heavy atom. The van der Waals surface area contributed by atoms with Gasteiger partial charge in [-0.25, -0.2) is 4.79 Å². The first kappa shape index (κ1) is 12.1. The fourth-order valence-electron chi connectivity index (χ4n) is 1.83. The molecule has 0 radical (unpaired) electrons. The Bertz CT molecular complexity index is 671. The van der Waals surface area contributed by atoms with Crippen molar-refractivity contribution in [2.24, 2.45) is 0 Å². The van der Waals surface area contributed by atoms with Crippen molar-refractivity contribution >= 4 is 5.97 Å². The normalized spacial score (nSPS) is 10.3. The smallest absolute Gasteiger partial charge is 0.337 e. The molecule has 4 nitrogen and oxygen atoms in total. The van der Waals surface area contributed by atoms with Gasteiger partial charge in [0, 0.05) is 11.8 Å². The molecule has 0 aliphatic carbocycles. The number of carboxylic acid groups (broad SMARTS) is 1. The third-order valence-electron chi connectivity index (χ3n) is 2.83. The molecule has 18 heavy (non-hydrogen) atoms. The van der Waals surface area contributed by atoms with Gasteiger partial charge in [0.2, 0.25) is 0 Å². The molecule has 0 spiro atoms. The third-order valence-corrected chi connectivity index (χ3v) is 2.83. The van der Waals surface area contributed by atoms with Crippen LogP contribution in [0.1, 0.15) is 21.5 Å². The number of nitrogens with one attached hydrogen (secondary N) is 1. The maximum Gasteiger partial charge on any atom is 0.337 e. The highest BCUT2D eigenvalue weighted by atomic mass is 16.4. The Morgan fingerprint density at radius 1 is 1.17 bits per heavy atom. The number of hydrogen-bond acceptors (Lipinski definition) is 2. The van der Waals surface area contributed by atoms with Crippen molar-refractivity contribution in [3.8, 4) is 11.1 Å². The first-order valence-corrected chi connectivity index (χ1v) is 5.52. The Balaban J connectivity index is 2.70. The van der Waals surface area contributed by atoms with Crippen LogP contribution in [0.2, 0.25) is 0 Å². The summed E-state index contributed by atoms with van der Waals surface area (Å²) in [6, 6.07) is 7.15. The SMILES string of the molecule is Cc1ccc(C)c(-c2cc(C(=O)O)c[nH]c2=O)c1. The molecule has 1 aromatic carbocycles. The minimum atomic E-state index is -1.06. The molecule has 1 heterocycles. The van der Waals surface area contributed by atoms with Crippen LogP contribution < -0.4 is 5.56 Å². The van der Waals surface area contributed by atoms with Crippen molar-refractivity contribution in [2.45, 2.75) is 13.8 Å². The van der Waals surface area contributed by atoms with Gasteiger partial charge in [-0.3, -0.25) is 4.79 Å². The molecule has 0 fully saturated rings. The highest BCUT2D eigenvalue weighted by molar-refractivity contribution is 5.89. The van der Waals surface area contributed by atoms with E-state index in [4.69, 9.17) is 5.11 Å². The van der Waals surface area contributed by atoms with Crippen molar-refractivity contribution in [2.75, 3.05) is 0 Å². The van der Waals surface area contributed by atoms with E-state index in [1.165, 1.54) is 12.3 Å². The summed E-state index contributed by atoms with van der Waals surface area (Å²) < 4.78 is 0. The Labute approximate surface area is 104 Å². The lowest BCUT2D eigenvalue weighted by atomic mass is 9.98. The molecule has 0 saturated carbocycles. The van der Waals surface area contributed by atoms with Crippen molar-refractivity contribution in [1.82, 2.24) is 4.98 Å². The average molecular weight is 243 g/mol. The number of aromatic carboxylic acids is 1. The van der Waals surface area contributed by atoms with Crippen LogP contribution in [-0.4, -0.2) is 16.1 Å². The van der Waals surface area contributed by atoms with Crippen LogP contribution in [0.5, 0.6) is 0 Å². The monoisotopic (exact) mass is 243 g/mol. The van der Waals surface area contributed by atoms with Crippen molar-refractivity contribution in [3.05, 3.63) is 57.5 Å². The second kappa shape index (κ2) is 4.49. The van der Waals surface area contributed by atoms with E-state index in [-0.39, 0.29) is 11.1 Å². The highest BCUT2D eigenvalue weighted by Crippen LogP contribution is 2.22. The number of carbonyl (C=O) groups is 1. The van der Waals surface area contributed by atoms with Crippen LogP contribution in [-0.2, 0) is 0 Å². The van der Waals surface area contributed by atoms with Gasteiger partial charge in [0.15, 0.2) is 0 Å². The number of pyridine rings is 1. The Morgan fingerprint density at radius 2 is 1.89 bits per heavy atom. The van der Waals surface area contributed by atoms with Crippen LogP contribution in [0.25, 0.3) is 11.1 Å². The summed E-state index contributed by atoms with van der Waals surface area (Å²) in [7, 11) is 0. The molecule has 4 heteroatoms. The van der Waals surface area contributed by atoms with Crippen LogP contribution in [0.15, 0.2) is 35.3 Å². The largest absolute Gasteiger partial charge is 0.478 e. The molecule has 2 rings (SSSR count). The minimum absolute atomic E-state index is 0.0745. The number of rotatable bonds is 2. The molecule has 0 aliphatic heterocycles. The third kappa shape index (κ3) is 2.18. The summed E-state index contributed by atoms with van der Waals surface area (Å²) in [6.45, 7) is 3.82. The lowest BCUT2D eigenvalue weighted by Gasteiger charge is -2.07. The first-order valence-electron chi connectivity index (χ1n) is 5.52. The van der Waals surface area contributed by atoms with Gasteiger partial charge in [-0.2, -0.15) is 0 Å². The predicted octanol–water partition coefficient (Wildman–Crippen LogP) is 2.36. The molecule has 1 aromatic heterocycles. The molecule has 2 N–H and O–H groups in total. The fourth-order valence-corrected chi connectivity index (χ4v) is 1.83. The van der Waals surface area contributed by atoms with Crippen molar-refractivity contribution < 1.29 is 9.90 Å². The quantitative estimate of drug-likeness (QED) is 0.850. The van der Waals surface area contributed by atoms with E-state index in [2.05, 4.69) is 4.98 Å². The molecule has 0 bridgehead atoms. The zero-order chi connectivity index (χ0) is 13.3. The molecule has 0 atom stereocenters. The molecular formula is C14H13NO3. The molecule has 92 valence electrons. The van der Waals surface area contributed by atoms with E-state index in [0.29, 0.717) is 5.56 Å². The molecular weight excluding hydrogens is 230 g/mol. The average Bonchev–Trinajstić information content (AvgIpc) is 2.33. The second-order valence-corrected chi connectivity index (χ2v) is 4.25. The fraction of sp³-hybridized carbons (Fsp3) is 0.143. The van der Waals surface area contributed by atoms with Gasteiger partial charge in [-0.15, -0.1) is 0 Å². The minimum Gasteiger partial charge on any atom is -0.478 e. The number of aromatic amines is 1. The molecule has 0 aliphatic rings. The van der Waals surface area contributed by atoms with Crippen LogP contribution >= 0.6 is 0 Å². The van der Waals surface area contributed by atoms with Crippen LogP contribution in [0.3, 0.4) is 0 Å².